The Morgan fingerprint density at radius 3 is 2.36 bits per heavy atom. The molecule has 0 aromatic heterocycles. The van der Waals surface area contributed by atoms with E-state index in [0.717, 1.165) is 44.5 Å². The predicted octanol–water partition coefficient (Wildman–Crippen LogP) is 2.97. The monoisotopic (exact) mass is 457 g/mol. The number of hydrogen-bond donors (Lipinski definition) is 1. The fourth-order valence-electron chi connectivity index (χ4n) is 4.39. The maximum atomic E-state index is 13.9. The Balaban J connectivity index is 1.28. The summed E-state index contributed by atoms with van der Waals surface area (Å²) >= 11 is 0. The van der Waals surface area contributed by atoms with Crippen molar-refractivity contribution in [3.05, 3.63) is 70.8 Å². The number of piperidine rings is 1. The molecule has 0 bridgehead atoms. The van der Waals surface area contributed by atoms with Crippen LogP contribution in [0.3, 0.4) is 0 Å². The number of carbonyl (C=O) groups excluding carboxylic acids is 2. The maximum absolute atomic E-state index is 13.9. The highest BCUT2D eigenvalue weighted by Gasteiger charge is 2.29. The van der Waals surface area contributed by atoms with Crippen LogP contribution < -0.4 is 5.32 Å². The van der Waals surface area contributed by atoms with Gasteiger partial charge in [-0.3, -0.25) is 14.5 Å². The smallest absolute Gasteiger partial charge is 0.256 e. The molecular weight excluding hydrogens is 428 g/mol. The Kier molecular flexibility index (Phi) is 7.67. The van der Waals surface area contributed by atoms with Crippen molar-refractivity contribution < 1.29 is 23.1 Å². The van der Waals surface area contributed by atoms with E-state index in [1.54, 1.807) is 0 Å². The summed E-state index contributed by atoms with van der Waals surface area (Å²) in [7, 11) is 0. The Hall–Kier alpha value is -2.84. The minimum Gasteiger partial charge on any atom is -0.379 e. The van der Waals surface area contributed by atoms with Gasteiger partial charge < -0.3 is 15.0 Å². The summed E-state index contributed by atoms with van der Waals surface area (Å²) in [5, 5.41) is 3.05. The van der Waals surface area contributed by atoms with Gasteiger partial charge in [-0.15, -0.1) is 0 Å². The maximum Gasteiger partial charge on any atom is 0.256 e. The zero-order valence-electron chi connectivity index (χ0n) is 18.6. The van der Waals surface area contributed by atoms with Gasteiger partial charge in [0.05, 0.1) is 18.8 Å². The number of hydrogen-bond acceptors (Lipinski definition) is 4. The van der Waals surface area contributed by atoms with Crippen LogP contribution in [0.5, 0.6) is 0 Å². The molecule has 8 heteroatoms. The molecule has 0 aliphatic carbocycles. The minimum absolute atomic E-state index is 0.0313. The molecule has 2 aliphatic heterocycles. The molecule has 0 atom stereocenters. The zero-order valence-corrected chi connectivity index (χ0v) is 18.6. The van der Waals surface area contributed by atoms with Gasteiger partial charge in [-0.1, -0.05) is 24.3 Å². The van der Waals surface area contributed by atoms with Gasteiger partial charge in [0.1, 0.15) is 11.6 Å². The number of carbonyl (C=O) groups is 2. The second-order valence-corrected chi connectivity index (χ2v) is 8.57. The zero-order chi connectivity index (χ0) is 23.2. The second-order valence-electron chi connectivity index (χ2n) is 8.57. The molecule has 6 nitrogen and oxygen atoms in total. The summed E-state index contributed by atoms with van der Waals surface area (Å²) in [5.41, 5.74) is 2.15. The highest BCUT2D eigenvalue weighted by molar-refractivity contribution is 5.94. The molecular formula is C25H29F2N3O3. The predicted molar refractivity (Wildman–Crippen MR) is 119 cm³/mol. The van der Waals surface area contributed by atoms with Crippen molar-refractivity contribution >= 4 is 11.8 Å². The van der Waals surface area contributed by atoms with Crippen molar-refractivity contribution in [3.8, 4) is 0 Å². The van der Waals surface area contributed by atoms with E-state index < -0.39 is 17.5 Å². The van der Waals surface area contributed by atoms with Crippen molar-refractivity contribution in [2.45, 2.75) is 25.9 Å². The number of halogens is 2. The first-order valence-corrected chi connectivity index (χ1v) is 11.4. The van der Waals surface area contributed by atoms with Crippen molar-refractivity contribution in [3.63, 3.8) is 0 Å². The van der Waals surface area contributed by atoms with Crippen LogP contribution in [0.4, 0.5) is 8.78 Å². The third-order valence-electron chi connectivity index (χ3n) is 6.38. The lowest BCUT2D eigenvalue weighted by Gasteiger charge is -2.31. The third-order valence-corrected chi connectivity index (χ3v) is 6.38. The Bertz CT molecular complexity index is 987. The van der Waals surface area contributed by atoms with E-state index in [1.807, 2.05) is 18.2 Å². The van der Waals surface area contributed by atoms with Crippen molar-refractivity contribution in [2.24, 2.45) is 5.92 Å². The fraction of sp³-hybridized carbons (Fsp3) is 0.440. The molecule has 1 N–H and O–H groups in total. The molecule has 2 aromatic carbocycles. The van der Waals surface area contributed by atoms with Crippen LogP contribution in [0.15, 0.2) is 42.5 Å². The average Bonchev–Trinajstić information content (AvgIpc) is 2.84. The molecule has 2 heterocycles. The molecule has 2 saturated heterocycles. The molecule has 2 aromatic rings. The standard InChI is InChI=1S/C25H29F2N3O3/c26-21-5-6-22(23(27)15-21)25(32)30-9-7-18(8-10-30)24(31)28-16-19-3-1-2-4-20(19)17-29-11-13-33-14-12-29/h1-6,15,18H,7-14,16-17H2,(H,28,31). The largest absolute Gasteiger partial charge is 0.379 e. The molecule has 4 rings (SSSR count). The normalized spacial score (nSPS) is 17.7. The summed E-state index contributed by atoms with van der Waals surface area (Å²) in [4.78, 5) is 29.2. The molecule has 2 aliphatic rings. The fourth-order valence-corrected chi connectivity index (χ4v) is 4.39. The second kappa shape index (κ2) is 10.9. The van der Waals surface area contributed by atoms with Crippen molar-refractivity contribution in [1.82, 2.24) is 15.1 Å². The number of likely N-dealkylation sites (tertiary alicyclic amines) is 1. The van der Waals surface area contributed by atoms with E-state index in [1.165, 1.54) is 16.5 Å². The molecule has 176 valence electrons. The number of benzene rings is 2. The van der Waals surface area contributed by atoms with Gasteiger partial charge in [0.15, 0.2) is 0 Å². The van der Waals surface area contributed by atoms with Crippen LogP contribution in [-0.4, -0.2) is 61.0 Å². The van der Waals surface area contributed by atoms with Crippen LogP contribution >= 0.6 is 0 Å². The first kappa shape index (κ1) is 23.3. The summed E-state index contributed by atoms with van der Waals surface area (Å²) in [6.07, 6.45) is 1.02. The number of morpholine rings is 1. The first-order chi connectivity index (χ1) is 16.0. The Labute approximate surface area is 192 Å². The van der Waals surface area contributed by atoms with E-state index in [4.69, 9.17) is 4.74 Å². The number of nitrogens with zero attached hydrogens (tertiary/aromatic N) is 2. The van der Waals surface area contributed by atoms with Crippen molar-refractivity contribution in [1.29, 1.82) is 0 Å². The number of amides is 2. The molecule has 33 heavy (non-hydrogen) atoms. The molecule has 2 fully saturated rings. The van der Waals surface area contributed by atoms with E-state index >= 15 is 0 Å². The third kappa shape index (κ3) is 5.94. The van der Waals surface area contributed by atoms with E-state index in [0.29, 0.717) is 38.5 Å². The van der Waals surface area contributed by atoms with Gasteiger partial charge >= 0.3 is 0 Å². The number of rotatable bonds is 6. The molecule has 0 saturated carbocycles. The number of nitrogens with one attached hydrogen (secondary N) is 1. The summed E-state index contributed by atoms with van der Waals surface area (Å²) < 4.78 is 32.5. The molecule has 0 unspecified atom stereocenters. The van der Waals surface area contributed by atoms with Gasteiger partial charge in [-0.2, -0.15) is 0 Å². The highest BCUT2D eigenvalue weighted by atomic mass is 19.1. The first-order valence-electron chi connectivity index (χ1n) is 11.4. The van der Waals surface area contributed by atoms with Gasteiger partial charge in [0.25, 0.3) is 5.91 Å². The van der Waals surface area contributed by atoms with Gasteiger partial charge in [0, 0.05) is 51.3 Å². The van der Waals surface area contributed by atoms with E-state index in [-0.39, 0.29) is 17.4 Å². The van der Waals surface area contributed by atoms with Crippen LogP contribution in [0, 0.1) is 17.6 Å². The molecule has 0 radical (unpaired) electrons. The average molecular weight is 458 g/mol. The molecule has 2 amide bonds. The highest BCUT2D eigenvalue weighted by Crippen LogP contribution is 2.21. The Morgan fingerprint density at radius 1 is 0.970 bits per heavy atom. The van der Waals surface area contributed by atoms with Crippen LogP contribution in [-0.2, 0) is 22.6 Å². The van der Waals surface area contributed by atoms with Crippen LogP contribution in [0.2, 0.25) is 0 Å². The minimum atomic E-state index is -0.865. The van der Waals surface area contributed by atoms with Crippen LogP contribution in [0.25, 0.3) is 0 Å². The van der Waals surface area contributed by atoms with E-state index in [2.05, 4.69) is 16.3 Å². The van der Waals surface area contributed by atoms with E-state index in [9.17, 15) is 18.4 Å². The summed E-state index contributed by atoms with van der Waals surface area (Å²) in [6.45, 7) is 5.30. The number of ether oxygens (including phenoxy) is 1. The summed E-state index contributed by atoms with van der Waals surface area (Å²) in [5.74, 6) is -2.28. The van der Waals surface area contributed by atoms with Gasteiger partial charge in [-0.25, -0.2) is 8.78 Å². The lowest BCUT2D eigenvalue weighted by atomic mass is 9.95. The van der Waals surface area contributed by atoms with Gasteiger partial charge in [-0.05, 0) is 36.1 Å². The van der Waals surface area contributed by atoms with Crippen molar-refractivity contribution in [2.75, 3.05) is 39.4 Å². The summed E-state index contributed by atoms with van der Waals surface area (Å²) in [6, 6.07) is 11.1. The topological polar surface area (TPSA) is 61.9 Å². The van der Waals surface area contributed by atoms with Crippen LogP contribution in [0.1, 0.15) is 34.3 Å². The molecule has 0 spiro atoms. The Morgan fingerprint density at radius 2 is 1.67 bits per heavy atom. The quantitative estimate of drug-likeness (QED) is 0.725. The van der Waals surface area contributed by atoms with Gasteiger partial charge in [0.2, 0.25) is 5.91 Å². The lowest BCUT2D eigenvalue weighted by molar-refractivity contribution is -0.126. The lowest BCUT2D eigenvalue weighted by Crippen LogP contribution is -2.43. The SMILES string of the molecule is O=C(NCc1ccccc1CN1CCOCC1)C1CCN(C(=O)c2ccc(F)cc2F)CC1.